The zero-order valence-electron chi connectivity index (χ0n) is 10.3. The van der Waals surface area contributed by atoms with E-state index >= 15 is 0 Å². The van der Waals surface area contributed by atoms with Crippen molar-refractivity contribution in [1.82, 2.24) is 9.55 Å². The lowest BCUT2D eigenvalue weighted by Gasteiger charge is -2.09. The summed E-state index contributed by atoms with van der Waals surface area (Å²) in [7, 11) is 0. The second-order valence-corrected chi connectivity index (χ2v) is 4.50. The molecular formula is C13H10ClN3O2. The topological polar surface area (TPSA) is 78.7 Å². The molecule has 0 saturated heterocycles. The molecule has 1 N–H and O–H groups in total. The van der Waals surface area contributed by atoms with Gasteiger partial charge in [-0.15, -0.1) is 0 Å². The van der Waals surface area contributed by atoms with Gasteiger partial charge >= 0.3 is 5.69 Å². The van der Waals surface area contributed by atoms with Gasteiger partial charge in [0, 0.05) is 0 Å². The fourth-order valence-electron chi connectivity index (χ4n) is 1.74. The smallest absolute Gasteiger partial charge is 0.297 e. The Hall–Kier alpha value is -2.32. The first-order valence-electron chi connectivity index (χ1n) is 5.48. The third-order valence-corrected chi connectivity index (χ3v) is 3.23. The van der Waals surface area contributed by atoms with Gasteiger partial charge in [0.1, 0.15) is 5.15 Å². The molecular weight excluding hydrogens is 266 g/mol. The fraction of sp³-hybridized carbons (Fsp3) is 0.154. The van der Waals surface area contributed by atoms with Crippen molar-refractivity contribution in [2.24, 2.45) is 0 Å². The van der Waals surface area contributed by atoms with Crippen molar-refractivity contribution >= 4 is 11.6 Å². The molecule has 0 atom stereocenters. The predicted octanol–water partition coefficient (Wildman–Crippen LogP) is 1.67. The number of rotatable bonds is 1. The highest BCUT2D eigenvalue weighted by atomic mass is 35.5. The molecule has 0 aliphatic carbocycles. The van der Waals surface area contributed by atoms with Crippen molar-refractivity contribution in [1.29, 1.82) is 5.26 Å². The molecule has 2 aromatic rings. The van der Waals surface area contributed by atoms with Crippen molar-refractivity contribution in [2.75, 3.05) is 0 Å². The molecule has 19 heavy (non-hydrogen) atoms. The first kappa shape index (κ1) is 13.1. The summed E-state index contributed by atoms with van der Waals surface area (Å²) in [5.41, 5.74) is 0.603. The maximum Gasteiger partial charge on any atom is 0.334 e. The third kappa shape index (κ3) is 2.18. The Kier molecular flexibility index (Phi) is 3.28. The summed E-state index contributed by atoms with van der Waals surface area (Å²) in [5.74, 6) is 0. The molecule has 5 nitrogen and oxygen atoms in total. The van der Waals surface area contributed by atoms with Gasteiger partial charge in [0.05, 0.1) is 22.9 Å². The van der Waals surface area contributed by atoms with E-state index in [9.17, 15) is 9.59 Å². The van der Waals surface area contributed by atoms with Crippen LogP contribution in [0.2, 0.25) is 5.15 Å². The number of aromatic amines is 1. The van der Waals surface area contributed by atoms with Crippen molar-refractivity contribution in [3.8, 4) is 11.8 Å². The molecule has 6 heteroatoms. The Labute approximate surface area is 113 Å². The van der Waals surface area contributed by atoms with Gasteiger partial charge in [-0.05, 0) is 31.5 Å². The van der Waals surface area contributed by atoms with Crippen LogP contribution in [0.1, 0.15) is 16.7 Å². The number of nitrogens with zero attached hydrogens (tertiary/aromatic N) is 2. The molecule has 0 spiro atoms. The first-order valence-corrected chi connectivity index (χ1v) is 5.86. The van der Waals surface area contributed by atoms with Crippen molar-refractivity contribution < 1.29 is 0 Å². The average molecular weight is 276 g/mol. The summed E-state index contributed by atoms with van der Waals surface area (Å²) in [6, 6.07) is 6.78. The molecule has 0 saturated carbocycles. The van der Waals surface area contributed by atoms with Crippen LogP contribution < -0.4 is 11.2 Å². The molecule has 0 amide bonds. The van der Waals surface area contributed by atoms with E-state index in [-0.39, 0.29) is 10.7 Å². The lowest BCUT2D eigenvalue weighted by molar-refractivity contribution is 0.853. The summed E-state index contributed by atoms with van der Waals surface area (Å²) in [6.45, 7) is 3.28. The second-order valence-electron chi connectivity index (χ2n) is 4.12. The molecule has 0 aliphatic rings. The number of hydrogen-bond acceptors (Lipinski definition) is 3. The molecule has 0 unspecified atom stereocenters. The van der Waals surface area contributed by atoms with Crippen LogP contribution in [0.4, 0.5) is 0 Å². The third-order valence-electron chi connectivity index (χ3n) is 2.85. The minimum absolute atomic E-state index is 0.0281. The number of nitrogens with one attached hydrogen (secondary N) is 1. The van der Waals surface area contributed by atoms with Gasteiger partial charge < -0.3 is 0 Å². The Morgan fingerprint density at radius 2 is 2.00 bits per heavy atom. The molecule has 0 aliphatic heterocycles. The lowest BCUT2D eigenvalue weighted by Crippen LogP contribution is -2.35. The van der Waals surface area contributed by atoms with Crippen LogP contribution in [-0.4, -0.2) is 9.55 Å². The number of H-pyrrole nitrogens is 1. The van der Waals surface area contributed by atoms with Crippen LogP contribution in [0.3, 0.4) is 0 Å². The number of nitriles is 1. The van der Waals surface area contributed by atoms with Gasteiger partial charge in [-0.1, -0.05) is 17.7 Å². The number of aryl methyl sites for hydroxylation is 1. The highest BCUT2D eigenvalue weighted by Gasteiger charge is 2.12. The summed E-state index contributed by atoms with van der Waals surface area (Å²) >= 11 is 5.76. The van der Waals surface area contributed by atoms with E-state index in [2.05, 4.69) is 4.98 Å². The van der Waals surface area contributed by atoms with E-state index in [1.807, 2.05) is 6.07 Å². The van der Waals surface area contributed by atoms with Crippen LogP contribution >= 0.6 is 11.6 Å². The van der Waals surface area contributed by atoms with E-state index in [0.717, 1.165) is 4.57 Å². The van der Waals surface area contributed by atoms with Crippen LogP contribution in [0.25, 0.3) is 5.69 Å². The molecule has 96 valence electrons. The molecule has 0 radical (unpaired) electrons. The largest absolute Gasteiger partial charge is 0.334 e. The number of hydrogen-bond donors (Lipinski definition) is 1. The van der Waals surface area contributed by atoms with E-state index in [4.69, 9.17) is 16.9 Å². The summed E-state index contributed by atoms with van der Waals surface area (Å²) in [5, 5.41) is 8.92. The maximum absolute atomic E-state index is 12.1. The predicted molar refractivity (Wildman–Crippen MR) is 71.9 cm³/mol. The summed E-state index contributed by atoms with van der Waals surface area (Å²) in [6.07, 6.45) is 0. The quantitative estimate of drug-likeness (QED) is 0.804. The van der Waals surface area contributed by atoms with Gasteiger partial charge in [0.25, 0.3) is 5.56 Å². The Morgan fingerprint density at radius 3 is 2.63 bits per heavy atom. The molecule has 0 bridgehead atoms. The Bertz CT molecular complexity index is 812. The van der Waals surface area contributed by atoms with Gasteiger partial charge in [-0.2, -0.15) is 5.26 Å². The van der Waals surface area contributed by atoms with Crippen molar-refractivity contribution in [2.45, 2.75) is 13.8 Å². The summed E-state index contributed by atoms with van der Waals surface area (Å²) < 4.78 is 0.984. The van der Waals surface area contributed by atoms with Gasteiger partial charge in [-0.3, -0.25) is 9.78 Å². The normalized spacial score (nSPS) is 10.2. The number of halogens is 1. The SMILES string of the molecule is Cc1ccc(C#N)cc1-n1c(=O)[nH]c(Cl)c(C)c1=O. The first-order chi connectivity index (χ1) is 8.95. The molecule has 2 rings (SSSR count). The minimum atomic E-state index is -0.626. The average Bonchev–Trinajstić information content (AvgIpc) is 2.38. The minimum Gasteiger partial charge on any atom is -0.297 e. The van der Waals surface area contributed by atoms with E-state index in [0.29, 0.717) is 16.8 Å². The zero-order chi connectivity index (χ0) is 14.2. The van der Waals surface area contributed by atoms with E-state index in [1.54, 1.807) is 19.1 Å². The number of aromatic nitrogens is 2. The Morgan fingerprint density at radius 1 is 1.32 bits per heavy atom. The molecule has 1 heterocycles. The lowest BCUT2D eigenvalue weighted by atomic mass is 10.1. The van der Waals surface area contributed by atoms with E-state index < -0.39 is 11.2 Å². The molecule has 1 aromatic carbocycles. The molecule has 0 fully saturated rings. The highest BCUT2D eigenvalue weighted by Crippen LogP contribution is 2.14. The van der Waals surface area contributed by atoms with Crippen LogP contribution in [0.5, 0.6) is 0 Å². The fourth-order valence-corrected chi connectivity index (χ4v) is 1.90. The van der Waals surface area contributed by atoms with Gasteiger partial charge in [0.15, 0.2) is 0 Å². The maximum atomic E-state index is 12.1. The van der Waals surface area contributed by atoms with Gasteiger partial charge in [-0.25, -0.2) is 9.36 Å². The van der Waals surface area contributed by atoms with E-state index in [1.165, 1.54) is 13.0 Å². The Balaban J connectivity index is 2.88. The second kappa shape index (κ2) is 4.75. The van der Waals surface area contributed by atoms with Crippen LogP contribution in [0.15, 0.2) is 27.8 Å². The van der Waals surface area contributed by atoms with Crippen LogP contribution in [0, 0.1) is 25.2 Å². The van der Waals surface area contributed by atoms with Crippen molar-refractivity contribution in [3.05, 3.63) is 60.9 Å². The number of benzene rings is 1. The molecule has 1 aromatic heterocycles. The van der Waals surface area contributed by atoms with Crippen LogP contribution in [-0.2, 0) is 0 Å². The standard InChI is InChI=1S/C13H10ClN3O2/c1-7-3-4-9(6-15)5-10(7)17-12(18)8(2)11(14)16-13(17)19/h3-5H,1-2H3,(H,16,19). The van der Waals surface area contributed by atoms with Gasteiger partial charge in [0.2, 0.25) is 0 Å². The summed E-state index contributed by atoms with van der Waals surface area (Å²) in [4.78, 5) is 26.4. The van der Waals surface area contributed by atoms with Crippen molar-refractivity contribution in [3.63, 3.8) is 0 Å². The monoisotopic (exact) mass is 275 g/mol. The highest BCUT2D eigenvalue weighted by molar-refractivity contribution is 6.30. The zero-order valence-corrected chi connectivity index (χ0v) is 11.1.